The number of hydrogen-bond donors (Lipinski definition) is 2. The Hall–Kier alpha value is -3.76. The maximum Gasteiger partial charge on any atom is 0.437 e. The maximum atomic E-state index is 11.5. The summed E-state index contributed by atoms with van der Waals surface area (Å²) in [7, 11) is 2.79. The van der Waals surface area contributed by atoms with Crippen molar-refractivity contribution in [2.24, 2.45) is 7.05 Å². The van der Waals surface area contributed by atoms with Crippen LogP contribution in [0.1, 0.15) is 0 Å². The van der Waals surface area contributed by atoms with Crippen LogP contribution in [0.25, 0.3) is 22.7 Å². The van der Waals surface area contributed by atoms with Crippen LogP contribution in [0.15, 0.2) is 33.9 Å². The molecule has 0 spiro atoms. The largest absolute Gasteiger partial charge is 0.465 e. The fourth-order valence-electron chi connectivity index (χ4n) is 2.06. The number of aryl methyl sites for hydroxylation is 1. The van der Waals surface area contributed by atoms with Crippen molar-refractivity contribution >= 4 is 17.7 Å². The number of pyridine rings is 1. The van der Waals surface area contributed by atoms with Crippen molar-refractivity contribution in [3.05, 3.63) is 35.2 Å². The lowest BCUT2D eigenvalue weighted by atomic mass is 10.1. The third kappa shape index (κ3) is 3.02. The van der Waals surface area contributed by atoms with Crippen LogP contribution >= 0.6 is 0 Å². The van der Waals surface area contributed by atoms with Gasteiger partial charge < -0.3 is 15.3 Å². The van der Waals surface area contributed by atoms with Gasteiger partial charge in [0.1, 0.15) is 11.6 Å². The Morgan fingerprint density at radius 1 is 1.28 bits per heavy atom. The summed E-state index contributed by atoms with van der Waals surface area (Å²) < 4.78 is 6.07. The Balaban J connectivity index is 2.19. The van der Waals surface area contributed by atoms with E-state index in [2.05, 4.69) is 20.1 Å². The molecule has 0 aromatic carbocycles. The number of carbonyl (C=O) groups is 1. The molecule has 0 aliphatic heterocycles. The van der Waals surface area contributed by atoms with Crippen molar-refractivity contribution < 1.29 is 14.3 Å². The van der Waals surface area contributed by atoms with Crippen molar-refractivity contribution in [3.63, 3.8) is 0 Å². The molecule has 128 valence electrons. The molecule has 0 atom stereocenters. The summed E-state index contributed by atoms with van der Waals surface area (Å²) >= 11 is 0. The Kier molecular flexibility index (Phi) is 3.89. The lowest BCUT2D eigenvalue weighted by molar-refractivity contribution is 0.203. The SMILES string of the molecule is CN(C(=O)O)c1ncc(-c2nn(C)c(=O)o2)cc1-c1cnc(N)cn1. The normalized spacial score (nSPS) is 10.6. The van der Waals surface area contributed by atoms with Crippen LogP contribution in [0.2, 0.25) is 0 Å². The van der Waals surface area contributed by atoms with Crippen LogP contribution in [-0.2, 0) is 7.05 Å². The molecule has 1 amide bonds. The molecule has 11 nitrogen and oxygen atoms in total. The maximum absolute atomic E-state index is 11.5. The second-order valence-electron chi connectivity index (χ2n) is 5.06. The predicted octanol–water partition coefficient (Wildman–Crippen LogP) is 0.589. The van der Waals surface area contributed by atoms with E-state index < -0.39 is 11.8 Å². The predicted molar refractivity (Wildman–Crippen MR) is 86.8 cm³/mol. The first-order chi connectivity index (χ1) is 11.9. The van der Waals surface area contributed by atoms with E-state index in [1.807, 2.05) is 0 Å². The Bertz CT molecular complexity index is 993. The summed E-state index contributed by atoms with van der Waals surface area (Å²) in [4.78, 5) is 35.9. The highest BCUT2D eigenvalue weighted by molar-refractivity contribution is 5.90. The van der Waals surface area contributed by atoms with Gasteiger partial charge >= 0.3 is 11.8 Å². The summed E-state index contributed by atoms with van der Waals surface area (Å²) in [6.45, 7) is 0. The number of nitrogens with two attached hydrogens (primary N) is 1. The number of carboxylic acid groups (broad SMARTS) is 1. The van der Waals surface area contributed by atoms with Crippen LogP contribution in [-0.4, -0.2) is 43.0 Å². The van der Waals surface area contributed by atoms with E-state index in [9.17, 15) is 14.7 Å². The van der Waals surface area contributed by atoms with Crippen LogP contribution in [0.5, 0.6) is 0 Å². The van der Waals surface area contributed by atoms with Gasteiger partial charge in [-0.25, -0.2) is 19.6 Å². The summed E-state index contributed by atoms with van der Waals surface area (Å²) in [5.41, 5.74) is 6.63. The molecule has 3 aromatic rings. The van der Waals surface area contributed by atoms with Crippen molar-refractivity contribution in [3.8, 4) is 22.7 Å². The second kappa shape index (κ2) is 6.03. The summed E-state index contributed by atoms with van der Waals surface area (Å²) in [5, 5.41) is 13.2. The molecule has 0 aliphatic carbocycles. The average molecular weight is 343 g/mol. The number of hydrogen-bond acceptors (Lipinski definition) is 8. The van der Waals surface area contributed by atoms with E-state index in [1.54, 1.807) is 6.07 Å². The molecule has 0 bridgehead atoms. The van der Waals surface area contributed by atoms with Crippen LogP contribution in [0.4, 0.5) is 16.4 Å². The second-order valence-corrected chi connectivity index (χ2v) is 5.06. The number of anilines is 2. The van der Waals surface area contributed by atoms with Gasteiger partial charge in [-0.1, -0.05) is 0 Å². The molecule has 3 heterocycles. The van der Waals surface area contributed by atoms with E-state index in [0.717, 1.165) is 9.58 Å². The fraction of sp³-hybridized carbons (Fsp3) is 0.143. The smallest absolute Gasteiger partial charge is 0.437 e. The molecule has 11 heteroatoms. The van der Waals surface area contributed by atoms with Gasteiger partial charge in [0.05, 0.1) is 23.7 Å². The van der Waals surface area contributed by atoms with Gasteiger partial charge in [0.25, 0.3) is 5.89 Å². The molecule has 0 aliphatic rings. The topological polar surface area (TPSA) is 153 Å². The number of aromatic nitrogens is 5. The minimum Gasteiger partial charge on any atom is -0.465 e. The average Bonchev–Trinajstić information content (AvgIpc) is 2.93. The fourth-order valence-corrected chi connectivity index (χ4v) is 2.06. The number of rotatable bonds is 3. The zero-order chi connectivity index (χ0) is 18.1. The molecular weight excluding hydrogens is 330 g/mol. The zero-order valence-corrected chi connectivity index (χ0v) is 13.2. The third-order valence-corrected chi connectivity index (χ3v) is 3.36. The minimum absolute atomic E-state index is 0.0502. The third-order valence-electron chi connectivity index (χ3n) is 3.36. The molecule has 0 radical (unpaired) electrons. The Morgan fingerprint density at radius 3 is 2.60 bits per heavy atom. The zero-order valence-electron chi connectivity index (χ0n) is 13.2. The number of nitrogen functional groups attached to an aromatic ring is 1. The summed E-state index contributed by atoms with van der Waals surface area (Å²) in [6.07, 6.45) is 2.89. The Labute approximate surface area is 140 Å². The van der Waals surface area contributed by atoms with E-state index in [1.165, 1.54) is 32.7 Å². The highest BCUT2D eigenvalue weighted by Crippen LogP contribution is 2.30. The van der Waals surface area contributed by atoms with Crippen LogP contribution < -0.4 is 16.4 Å². The number of amides is 1. The highest BCUT2D eigenvalue weighted by atomic mass is 16.4. The first-order valence-corrected chi connectivity index (χ1v) is 6.96. The lowest BCUT2D eigenvalue weighted by Gasteiger charge is -2.16. The molecule has 0 saturated heterocycles. The Morgan fingerprint density at radius 2 is 2.04 bits per heavy atom. The molecule has 3 aromatic heterocycles. The van der Waals surface area contributed by atoms with E-state index >= 15 is 0 Å². The summed E-state index contributed by atoms with van der Waals surface area (Å²) in [6, 6.07) is 1.56. The van der Waals surface area contributed by atoms with Crippen molar-refractivity contribution in [1.29, 1.82) is 0 Å². The van der Waals surface area contributed by atoms with Crippen molar-refractivity contribution in [2.75, 3.05) is 17.7 Å². The molecule has 3 rings (SSSR count). The molecule has 25 heavy (non-hydrogen) atoms. The van der Waals surface area contributed by atoms with Gasteiger partial charge in [0, 0.05) is 25.9 Å². The standard InChI is InChI=1S/C14H13N7O4/c1-20(13(22)23)11-8(9-5-17-10(15)6-16-9)3-7(4-18-11)12-19-21(2)14(24)25-12/h3-6H,1-2H3,(H2,15,17)(H,22,23). The van der Waals surface area contributed by atoms with Crippen LogP contribution in [0.3, 0.4) is 0 Å². The molecular formula is C14H13N7O4. The first kappa shape index (κ1) is 16.1. The molecule has 0 unspecified atom stereocenters. The quantitative estimate of drug-likeness (QED) is 0.695. The van der Waals surface area contributed by atoms with Crippen molar-refractivity contribution in [1.82, 2.24) is 24.7 Å². The van der Waals surface area contributed by atoms with E-state index in [0.29, 0.717) is 16.8 Å². The van der Waals surface area contributed by atoms with Crippen molar-refractivity contribution in [2.45, 2.75) is 0 Å². The van der Waals surface area contributed by atoms with Gasteiger partial charge in [0.15, 0.2) is 0 Å². The van der Waals surface area contributed by atoms with Gasteiger partial charge in [-0.05, 0) is 6.07 Å². The minimum atomic E-state index is -1.20. The van der Waals surface area contributed by atoms with Gasteiger partial charge in [-0.2, -0.15) is 4.68 Å². The number of nitrogens with zero attached hydrogens (tertiary/aromatic N) is 6. The van der Waals surface area contributed by atoms with Crippen LogP contribution in [0, 0.1) is 0 Å². The molecule has 3 N–H and O–H groups in total. The monoisotopic (exact) mass is 343 g/mol. The first-order valence-electron chi connectivity index (χ1n) is 6.96. The summed E-state index contributed by atoms with van der Waals surface area (Å²) in [5.74, 6) is -0.227. The molecule has 0 saturated carbocycles. The van der Waals surface area contributed by atoms with Gasteiger partial charge in [-0.3, -0.25) is 9.88 Å². The van der Waals surface area contributed by atoms with E-state index in [-0.39, 0.29) is 17.5 Å². The van der Waals surface area contributed by atoms with E-state index in [4.69, 9.17) is 10.2 Å². The molecule has 0 fully saturated rings. The highest BCUT2D eigenvalue weighted by Gasteiger charge is 2.20. The lowest BCUT2D eigenvalue weighted by Crippen LogP contribution is -2.25. The van der Waals surface area contributed by atoms with Gasteiger partial charge in [0.2, 0.25) is 0 Å². The van der Waals surface area contributed by atoms with Gasteiger partial charge in [-0.15, -0.1) is 5.10 Å².